The van der Waals surface area contributed by atoms with Gasteiger partial charge in [-0.25, -0.2) is 9.97 Å². The zero-order valence-electron chi connectivity index (χ0n) is 21.9. The van der Waals surface area contributed by atoms with Crippen LogP contribution in [0.1, 0.15) is 61.3 Å². The molecule has 0 spiro atoms. The highest BCUT2D eigenvalue weighted by molar-refractivity contribution is 7.84. The Labute approximate surface area is 238 Å². The van der Waals surface area contributed by atoms with Gasteiger partial charge in [0.25, 0.3) is 0 Å². The number of hydrogen-bond donors (Lipinski definition) is 3. The van der Waals surface area contributed by atoms with E-state index in [1.807, 2.05) is 0 Å². The van der Waals surface area contributed by atoms with E-state index in [4.69, 9.17) is 4.74 Å². The van der Waals surface area contributed by atoms with Crippen LogP contribution in [0.4, 0.5) is 19.0 Å². The van der Waals surface area contributed by atoms with Crippen LogP contribution in [-0.4, -0.2) is 61.2 Å². The van der Waals surface area contributed by atoms with E-state index in [9.17, 15) is 31.5 Å². The Morgan fingerprint density at radius 1 is 1.22 bits per heavy atom. The first-order valence-corrected chi connectivity index (χ1v) is 14.9. The summed E-state index contributed by atoms with van der Waals surface area (Å²) in [7, 11) is -3.00. The zero-order valence-corrected chi connectivity index (χ0v) is 23.6. The molecule has 3 aromatic rings. The standard InChI is InChI=1S/C26H27F3N4O6S2/c1-13-17(24-18-7-15(26(27,28)29)4-3-14(18)5-6-39-24)10-22(40-13)23(35)19-11-30-12-31-25(19)32-16-8-20(21(34)9-16)33-41(36,37)38-2/h3-4,7,10-12,16,20-21,24,33-34H,5-6,8-9H2,1-2H3,(H,30,31,32)/t16-,20-,21+,24+/m1/s1. The van der Waals surface area contributed by atoms with E-state index in [-0.39, 0.29) is 24.2 Å². The fourth-order valence-electron chi connectivity index (χ4n) is 5.18. The lowest BCUT2D eigenvalue weighted by Gasteiger charge is -2.27. The number of ether oxygens (including phenoxy) is 1. The molecule has 1 fully saturated rings. The summed E-state index contributed by atoms with van der Waals surface area (Å²) in [4.78, 5) is 22.8. The Bertz CT molecular complexity index is 1560. The Balaban J connectivity index is 1.38. The molecule has 220 valence electrons. The highest BCUT2D eigenvalue weighted by Gasteiger charge is 2.37. The van der Waals surface area contributed by atoms with E-state index in [1.54, 1.807) is 13.0 Å². The molecule has 1 aliphatic carbocycles. The predicted octanol–water partition coefficient (Wildman–Crippen LogP) is 3.54. The number of alkyl halides is 3. The number of anilines is 1. The molecule has 2 aliphatic rings. The number of nitrogens with zero attached hydrogens (tertiary/aromatic N) is 2. The van der Waals surface area contributed by atoms with Crippen molar-refractivity contribution in [2.45, 2.75) is 56.7 Å². The van der Waals surface area contributed by atoms with Gasteiger partial charge in [0.1, 0.15) is 18.2 Å². The first-order chi connectivity index (χ1) is 19.4. The second-order valence-corrected chi connectivity index (χ2v) is 12.6. The van der Waals surface area contributed by atoms with E-state index in [1.165, 1.54) is 29.9 Å². The number of benzene rings is 1. The lowest BCUT2D eigenvalue weighted by atomic mass is 9.91. The number of hydrogen-bond acceptors (Lipinski definition) is 10. The summed E-state index contributed by atoms with van der Waals surface area (Å²) in [5, 5.41) is 13.5. The predicted molar refractivity (Wildman–Crippen MR) is 143 cm³/mol. The average molecular weight is 613 g/mol. The maximum atomic E-state index is 13.6. The number of nitrogens with one attached hydrogen (secondary N) is 2. The van der Waals surface area contributed by atoms with Crippen LogP contribution < -0.4 is 10.0 Å². The number of thiophene rings is 1. The number of carbonyl (C=O) groups excluding carboxylic acids is 1. The third kappa shape index (κ3) is 6.29. The van der Waals surface area contributed by atoms with Gasteiger partial charge in [0.05, 0.1) is 41.9 Å². The van der Waals surface area contributed by atoms with Gasteiger partial charge in [0.2, 0.25) is 5.78 Å². The van der Waals surface area contributed by atoms with Crippen molar-refractivity contribution in [2.75, 3.05) is 19.0 Å². The number of aliphatic hydroxyl groups excluding tert-OH is 1. The van der Waals surface area contributed by atoms with Crippen LogP contribution in [0, 0.1) is 6.92 Å². The number of aryl methyl sites for hydroxylation is 1. The average Bonchev–Trinajstić information content (AvgIpc) is 3.48. The number of aliphatic hydroxyl groups is 1. The van der Waals surface area contributed by atoms with Crippen LogP contribution in [0.2, 0.25) is 0 Å². The fraction of sp³-hybridized carbons (Fsp3) is 0.423. The van der Waals surface area contributed by atoms with Gasteiger partial charge in [-0.15, -0.1) is 11.3 Å². The van der Waals surface area contributed by atoms with Crippen LogP contribution in [0.15, 0.2) is 36.8 Å². The van der Waals surface area contributed by atoms with Crippen molar-refractivity contribution in [2.24, 2.45) is 0 Å². The van der Waals surface area contributed by atoms with Crippen LogP contribution in [0.3, 0.4) is 0 Å². The van der Waals surface area contributed by atoms with Crippen molar-refractivity contribution in [1.29, 1.82) is 0 Å². The van der Waals surface area contributed by atoms with Gasteiger partial charge in [-0.1, -0.05) is 6.07 Å². The molecule has 10 nitrogen and oxygen atoms in total. The van der Waals surface area contributed by atoms with Crippen LogP contribution in [0.5, 0.6) is 0 Å². The number of ketones is 1. The maximum absolute atomic E-state index is 13.6. The molecule has 0 amide bonds. The van der Waals surface area contributed by atoms with E-state index < -0.39 is 52.1 Å². The summed E-state index contributed by atoms with van der Waals surface area (Å²) >= 11 is 1.19. The van der Waals surface area contributed by atoms with Crippen molar-refractivity contribution >= 4 is 33.2 Å². The molecule has 5 rings (SSSR count). The molecule has 15 heteroatoms. The summed E-state index contributed by atoms with van der Waals surface area (Å²) in [5.41, 5.74) is 1.19. The second-order valence-electron chi connectivity index (χ2n) is 9.87. The van der Waals surface area contributed by atoms with Crippen LogP contribution in [-0.2, 0) is 31.8 Å². The second kappa shape index (κ2) is 11.4. The number of rotatable bonds is 8. The monoisotopic (exact) mass is 612 g/mol. The molecule has 2 aromatic heterocycles. The minimum Gasteiger partial charge on any atom is -0.391 e. The van der Waals surface area contributed by atoms with Crippen LogP contribution >= 0.6 is 11.3 Å². The molecule has 0 unspecified atom stereocenters. The molecule has 4 atom stereocenters. The first-order valence-electron chi connectivity index (χ1n) is 12.7. The lowest BCUT2D eigenvalue weighted by molar-refractivity contribution is -0.137. The van der Waals surface area contributed by atoms with E-state index >= 15 is 0 Å². The Kier molecular flexibility index (Phi) is 8.20. The third-order valence-electron chi connectivity index (χ3n) is 7.22. The quantitative estimate of drug-likeness (QED) is 0.326. The molecular formula is C26H27F3N4O6S2. The molecule has 1 saturated carbocycles. The Hall–Kier alpha value is -2.95. The van der Waals surface area contributed by atoms with Crippen molar-refractivity contribution in [3.05, 3.63) is 74.4 Å². The van der Waals surface area contributed by atoms with Crippen LogP contribution in [0.25, 0.3) is 0 Å². The summed E-state index contributed by atoms with van der Waals surface area (Å²) in [6, 6.07) is 4.09. The highest BCUT2D eigenvalue weighted by atomic mass is 32.2. The summed E-state index contributed by atoms with van der Waals surface area (Å²) < 4.78 is 76.4. The first kappa shape index (κ1) is 29.5. The van der Waals surface area contributed by atoms with Crippen molar-refractivity contribution in [3.63, 3.8) is 0 Å². The SMILES string of the molecule is COS(=O)(=O)N[C@@H]1C[C@@H](Nc2ncncc2C(=O)c2cc([C@@H]3OCCc4ccc(C(F)(F)F)cc43)c(C)s2)C[C@@H]1O. The summed E-state index contributed by atoms with van der Waals surface area (Å²) in [6.45, 7) is 2.11. The molecule has 1 aromatic carbocycles. The normalized spacial score (nSPS) is 22.9. The van der Waals surface area contributed by atoms with E-state index in [0.717, 1.165) is 29.7 Å². The smallest absolute Gasteiger partial charge is 0.391 e. The van der Waals surface area contributed by atoms with Gasteiger partial charge < -0.3 is 15.2 Å². The molecule has 0 bridgehead atoms. The number of aromatic nitrogens is 2. The highest BCUT2D eigenvalue weighted by Crippen LogP contribution is 2.41. The van der Waals surface area contributed by atoms with Crippen molar-refractivity contribution < 1.29 is 40.4 Å². The van der Waals surface area contributed by atoms with Gasteiger partial charge in [-0.05, 0) is 61.1 Å². The van der Waals surface area contributed by atoms with Gasteiger partial charge in [-0.3, -0.25) is 8.98 Å². The summed E-state index contributed by atoms with van der Waals surface area (Å²) in [5.74, 6) is -0.193. The Morgan fingerprint density at radius 2 is 2.00 bits per heavy atom. The minimum atomic E-state index is -4.50. The molecule has 41 heavy (non-hydrogen) atoms. The fourth-order valence-corrected chi connectivity index (χ4v) is 6.90. The van der Waals surface area contributed by atoms with Gasteiger partial charge >= 0.3 is 16.5 Å². The number of halogens is 3. The van der Waals surface area contributed by atoms with Gasteiger partial charge in [-0.2, -0.15) is 26.3 Å². The van der Waals surface area contributed by atoms with Gasteiger partial charge in [0, 0.05) is 17.1 Å². The van der Waals surface area contributed by atoms with Crippen molar-refractivity contribution in [3.8, 4) is 0 Å². The molecule has 1 aliphatic heterocycles. The summed E-state index contributed by atoms with van der Waals surface area (Å²) in [6.07, 6.45) is -2.75. The molecule has 3 N–H and O–H groups in total. The minimum absolute atomic E-state index is 0.153. The van der Waals surface area contributed by atoms with E-state index in [0.29, 0.717) is 29.0 Å². The van der Waals surface area contributed by atoms with Gasteiger partial charge in [0.15, 0.2) is 0 Å². The molecule has 0 saturated heterocycles. The molecule has 3 heterocycles. The largest absolute Gasteiger partial charge is 0.416 e. The lowest BCUT2D eigenvalue weighted by Crippen LogP contribution is -2.40. The van der Waals surface area contributed by atoms with E-state index in [2.05, 4.69) is 24.2 Å². The topological polar surface area (TPSA) is 140 Å². The Morgan fingerprint density at radius 3 is 2.73 bits per heavy atom. The number of carbonyl (C=O) groups is 1. The van der Waals surface area contributed by atoms with Crippen molar-refractivity contribution in [1.82, 2.24) is 14.7 Å². The molecular weight excluding hydrogens is 585 g/mol. The molecule has 0 radical (unpaired) electrons. The zero-order chi connectivity index (χ0) is 29.5. The third-order valence-corrected chi connectivity index (χ3v) is 9.31. The maximum Gasteiger partial charge on any atom is 0.416 e. The number of fused-ring (bicyclic) bond motifs is 1.